The standard InChI is InChI=1S/C40H75NO7/c1-6-8-9-10-11-12-13-14-15-16-17-18-19-20-21-22-23-24-25-26-27-28-29-31-39(43)48-36(35-47-38(42)30-7-2)34-46-33-32-37(40(44)45)41(3,4)5/h16-17,36-37H,6-15,18-35H2,1-5H3/p+1/b17-16-. The first-order valence-corrected chi connectivity index (χ1v) is 19.7. The summed E-state index contributed by atoms with van der Waals surface area (Å²) in [5, 5.41) is 9.50. The number of quaternary nitrogens is 1. The van der Waals surface area contributed by atoms with Crippen molar-refractivity contribution < 1.29 is 38.2 Å². The third-order valence-corrected chi connectivity index (χ3v) is 8.88. The van der Waals surface area contributed by atoms with E-state index in [2.05, 4.69) is 19.1 Å². The van der Waals surface area contributed by atoms with Gasteiger partial charge in [-0.2, -0.15) is 0 Å². The van der Waals surface area contributed by atoms with Crippen molar-refractivity contribution in [2.75, 3.05) is 41.0 Å². The summed E-state index contributed by atoms with van der Waals surface area (Å²) in [4.78, 5) is 35.9. The van der Waals surface area contributed by atoms with Gasteiger partial charge in [0, 0.05) is 19.3 Å². The molecule has 0 saturated heterocycles. The fraction of sp³-hybridized carbons (Fsp3) is 0.875. The number of rotatable bonds is 35. The molecule has 0 bridgehead atoms. The maximum atomic E-state index is 12.5. The SMILES string of the molecule is CCCCCCCCCC/C=C\CCCCCCCCCCCCCC(=O)OC(COCCC(C(=O)O)[N+](C)(C)C)COC(=O)CCC. The highest BCUT2D eigenvalue weighted by Gasteiger charge is 2.31. The molecule has 0 aliphatic heterocycles. The molecule has 0 aromatic carbocycles. The molecule has 0 aliphatic rings. The summed E-state index contributed by atoms with van der Waals surface area (Å²) in [7, 11) is 5.49. The van der Waals surface area contributed by atoms with Gasteiger partial charge in [-0.25, -0.2) is 4.79 Å². The predicted octanol–water partition coefficient (Wildman–Crippen LogP) is 9.97. The van der Waals surface area contributed by atoms with Crippen LogP contribution >= 0.6 is 0 Å². The summed E-state index contributed by atoms with van der Waals surface area (Å²) < 4.78 is 16.8. The van der Waals surface area contributed by atoms with E-state index in [-0.39, 0.29) is 36.2 Å². The van der Waals surface area contributed by atoms with Crippen LogP contribution in [0, 0.1) is 0 Å². The summed E-state index contributed by atoms with van der Waals surface area (Å²) >= 11 is 0. The van der Waals surface area contributed by atoms with Crippen LogP contribution in [0.15, 0.2) is 12.2 Å². The zero-order valence-electron chi connectivity index (χ0n) is 32.0. The molecule has 0 amide bonds. The number of nitrogens with zero attached hydrogens (tertiary/aromatic N) is 1. The Morgan fingerprint density at radius 3 is 1.54 bits per heavy atom. The number of carbonyl (C=O) groups is 3. The van der Waals surface area contributed by atoms with E-state index in [1.54, 1.807) is 0 Å². The second-order valence-electron chi connectivity index (χ2n) is 14.5. The van der Waals surface area contributed by atoms with Gasteiger partial charge >= 0.3 is 17.9 Å². The molecule has 2 atom stereocenters. The van der Waals surface area contributed by atoms with Crippen LogP contribution in [0.5, 0.6) is 0 Å². The molecule has 8 heteroatoms. The lowest BCUT2D eigenvalue weighted by molar-refractivity contribution is -0.887. The molecule has 0 saturated carbocycles. The van der Waals surface area contributed by atoms with Crippen molar-refractivity contribution in [3.05, 3.63) is 12.2 Å². The minimum Gasteiger partial charge on any atom is -0.477 e. The lowest BCUT2D eigenvalue weighted by Crippen LogP contribution is -2.50. The highest BCUT2D eigenvalue weighted by molar-refractivity contribution is 5.72. The van der Waals surface area contributed by atoms with Crippen molar-refractivity contribution in [1.29, 1.82) is 0 Å². The molecule has 0 spiro atoms. The Kier molecular flexibility index (Phi) is 31.0. The first kappa shape index (κ1) is 46.1. The maximum Gasteiger partial charge on any atom is 0.362 e. The van der Waals surface area contributed by atoms with Crippen LogP contribution in [-0.4, -0.2) is 80.6 Å². The number of hydrogen-bond donors (Lipinski definition) is 1. The number of likely N-dealkylation sites (N-methyl/N-ethyl adjacent to an activating group) is 1. The highest BCUT2D eigenvalue weighted by Crippen LogP contribution is 2.15. The van der Waals surface area contributed by atoms with E-state index in [1.807, 2.05) is 28.1 Å². The van der Waals surface area contributed by atoms with Crippen LogP contribution in [0.4, 0.5) is 0 Å². The van der Waals surface area contributed by atoms with Gasteiger partial charge < -0.3 is 23.8 Å². The van der Waals surface area contributed by atoms with E-state index in [9.17, 15) is 19.5 Å². The Morgan fingerprint density at radius 1 is 0.604 bits per heavy atom. The van der Waals surface area contributed by atoms with Gasteiger partial charge in [0.15, 0.2) is 12.1 Å². The molecule has 2 unspecified atom stereocenters. The van der Waals surface area contributed by atoms with E-state index in [4.69, 9.17) is 14.2 Å². The topological polar surface area (TPSA) is 99.1 Å². The number of unbranched alkanes of at least 4 members (excludes halogenated alkanes) is 19. The molecule has 0 aromatic rings. The second-order valence-corrected chi connectivity index (χ2v) is 14.5. The molecule has 0 heterocycles. The molecule has 8 nitrogen and oxygen atoms in total. The van der Waals surface area contributed by atoms with Gasteiger partial charge in [-0.3, -0.25) is 9.59 Å². The average molecular weight is 683 g/mol. The third kappa shape index (κ3) is 30.2. The van der Waals surface area contributed by atoms with E-state index in [0.717, 1.165) is 19.3 Å². The summed E-state index contributed by atoms with van der Waals surface area (Å²) in [5.74, 6) is -1.53. The van der Waals surface area contributed by atoms with E-state index in [0.29, 0.717) is 25.7 Å². The number of ether oxygens (including phenoxy) is 3. The Morgan fingerprint density at radius 2 is 1.08 bits per heavy atom. The van der Waals surface area contributed by atoms with Crippen molar-refractivity contribution >= 4 is 17.9 Å². The number of carboxylic acids is 1. The van der Waals surface area contributed by atoms with Gasteiger partial charge in [-0.15, -0.1) is 0 Å². The number of aliphatic carboxylic acids is 1. The molecule has 48 heavy (non-hydrogen) atoms. The highest BCUT2D eigenvalue weighted by atomic mass is 16.6. The Labute approximate surface area is 295 Å². The largest absolute Gasteiger partial charge is 0.477 e. The van der Waals surface area contributed by atoms with Crippen molar-refractivity contribution in [2.24, 2.45) is 0 Å². The number of hydrogen-bond acceptors (Lipinski definition) is 6. The summed E-state index contributed by atoms with van der Waals surface area (Å²) in [6.45, 7) is 4.39. The fourth-order valence-corrected chi connectivity index (χ4v) is 5.83. The summed E-state index contributed by atoms with van der Waals surface area (Å²) in [6, 6.07) is -0.606. The minimum absolute atomic E-state index is 0.0568. The number of esters is 2. The Balaban J connectivity index is 3.88. The molecule has 0 radical (unpaired) electrons. The zero-order chi connectivity index (χ0) is 35.7. The molecule has 0 rings (SSSR count). The van der Waals surface area contributed by atoms with Crippen molar-refractivity contribution in [3.8, 4) is 0 Å². The maximum absolute atomic E-state index is 12.5. The first-order valence-electron chi connectivity index (χ1n) is 19.7. The monoisotopic (exact) mass is 683 g/mol. The molecule has 0 fully saturated rings. The predicted molar refractivity (Wildman–Crippen MR) is 197 cm³/mol. The number of allylic oxidation sites excluding steroid dienone is 2. The fourth-order valence-electron chi connectivity index (χ4n) is 5.83. The van der Waals surface area contributed by atoms with E-state index < -0.39 is 18.1 Å². The smallest absolute Gasteiger partial charge is 0.362 e. The lowest BCUT2D eigenvalue weighted by Gasteiger charge is -2.31. The van der Waals surface area contributed by atoms with Gasteiger partial charge in [0.1, 0.15) is 6.61 Å². The number of carboxylic acid groups (broad SMARTS) is 1. The van der Waals surface area contributed by atoms with Crippen LogP contribution < -0.4 is 0 Å². The minimum atomic E-state index is -0.879. The van der Waals surface area contributed by atoms with Gasteiger partial charge in [0.25, 0.3) is 0 Å². The Hall–Kier alpha value is -1.93. The van der Waals surface area contributed by atoms with Crippen molar-refractivity contribution in [3.63, 3.8) is 0 Å². The number of carbonyl (C=O) groups excluding carboxylic acids is 2. The van der Waals surface area contributed by atoms with Gasteiger partial charge in [0.05, 0.1) is 34.4 Å². The van der Waals surface area contributed by atoms with Crippen LogP contribution in [0.25, 0.3) is 0 Å². The molecule has 0 aliphatic carbocycles. The van der Waals surface area contributed by atoms with Crippen LogP contribution in [0.2, 0.25) is 0 Å². The molecular formula is C40H76NO7+. The lowest BCUT2D eigenvalue weighted by atomic mass is 10.0. The van der Waals surface area contributed by atoms with Gasteiger partial charge in [-0.05, 0) is 38.5 Å². The summed E-state index contributed by atoms with van der Waals surface area (Å²) in [5.41, 5.74) is 0. The van der Waals surface area contributed by atoms with Crippen molar-refractivity contribution in [1.82, 2.24) is 0 Å². The molecule has 1 N–H and O–H groups in total. The second kappa shape index (κ2) is 32.3. The van der Waals surface area contributed by atoms with Crippen LogP contribution in [0.1, 0.15) is 174 Å². The van der Waals surface area contributed by atoms with Gasteiger partial charge in [-0.1, -0.05) is 129 Å². The average Bonchev–Trinajstić information content (AvgIpc) is 3.03. The molecular weight excluding hydrogens is 606 g/mol. The van der Waals surface area contributed by atoms with Crippen LogP contribution in [-0.2, 0) is 28.6 Å². The summed E-state index contributed by atoms with van der Waals surface area (Å²) in [6.07, 6.45) is 32.7. The first-order chi connectivity index (χ1) is 23.1. The van der Waals surface area contributed by atoms with E-state index >= 15 is 0 Å². The molecule has 0 aromatic heterocycles. The van der Waals surface area contributed by atoms with E-state index in [1.165, 1.54) is 116 Å². The van der Waals surface area contributed by atoms with Gasteiger partial charge in [0.2, 0.25) is 0 Å². The zero-order valence-corrected chi connectivity index (χ0v) is 32.0. The Bertz CT molecular complexity index is 808. The molecule has 282 valence electrons. The quantitative estimate of drug-likeness (QED) is 0.0307. The third-order valence-electron chi connectivity index (χ3n) is 8.88. The van der Waals surface area contributed by atoms with Crippen molar-refractivity contribution in [2.45, 2.75) is 187 Å². The normalized spacial score (nSPS) is 13.1. The van der Waals surface area contributed by atoms with Crippen LogP contribution in [0.3, 0.4) is 0 Å².